The number of aromatic nitrogens is 4. The van der Waals surface area contributed by atoms with Crippen molar-refractivity contribution in [1.82, 2.24) is 19.5 Å². The van der Waals surface area contributed by atoms with Crippen molar-refractivity contribution in [2.24, 2.45) is 7.05 Å². The van der Waals surface area contributed by atoms with E-state index in [1.165, 1.54) is 0 Å². The van der Waals surface area contributed by atoms with Crippen LogP contribution in [0.2, 0.25) is 5.15 Å². The molecule has 2 heterocycles. The summed E-state index contributed by atoms with van der Waals surface area (Å²) in [5, 5.41) is 0.443. The van der Waals surface area contributed by atoms with Gasteiger partial charge >= 0.3 is 0 Å². The van der Waals surface area contributed by atoms with Gasteiger partial charge in [0.25, 0.3) is 0 Å². The van der Waals surface area contributed by atoms with Gasteiger partial charge in [-0.1, -0.05) is 11.6 Å². The Balaban J connectivity index is 2.51. The van der Waals surface area contributed by atoms with Crippen molar-refractivity contribution in [3.05, 3.63) is 29.4 Å². The van der Waals surface area contributed by atoms with Crippen LogP contribution in [0.4, 0.5) is 0 Å². The Hall–Kier alpha value is -1.42. The molecule has 0 aliphatic heterocycles. The molecule has 0 aliphatic carbocycles. The molecule has 0 spiro atoms. The predicted octanol–water partition coefficient (Wildman–Crippen LogP) is 1.84. The summed E-state index contributed by atoms with van der Waals surface area (Å²) in [6.07, 6.45) is 3.56. The molecule has 72 valence electrons. The van der Waals surface area contributed by atoms with Crippen LogP contribution in [-0.2, 0) is 7.05 Å². The number of rotatable bonds is 1. The first-order valence-electron chi connectivity index (χ1n) is 4.14. The van der Waals surface area contributed by atoms with E-state index in [-0.39, 0.29) is 0 Å². The molecule has 2 rings (SSSR count). The van der Waals surface area contributed by atoms with Crippen molar-refractivity contribution in [3.8, 4) is 11.5 Å². The summed E-state index contributed by atoms with van der Waals surface area (Å²) in [4.78, 5) is 12.5. The standard InChI is InChI=1S/C9H9ClN4/c1-6-3-8(10)13-9(12-6)7-4-14(2)5-11-7/h3-5H,1-2H3. The topological polar surface area (TPSA) is 43.6 Å². The van der Waals surface area contributed by atoms with E-state index in [2.05, 4.69) is 15.0 Å². The number of aryl methyl sites for hydroxylation is 2. The molecule has 4 nitrogen and oxygen atoms in total. The lowest BCUT2D eigenvalue weighted by Gasteiger charge is -1.97. The van der Waals surface area contributed by atoms with E-state index in [4.69, 9.17) is 11.6 Å². The summed E-state index contributed by atoms with van der Waals surface area (Å²) >= 11 is 5.82. The molecule has 0 atom stereocenters. The third-order valence-corrected chi connectivity index (χ3v) is 1.95. The Morgan fingerprint density at radius 1 is 1.36 bits per heavy atom. The van der Waals surface area contributed by atoms with Crippen LogP contribution in [0.3, 0.4) is 0 Å². The Morgan fingerprint density at radius 3 is 2.71 bits per heavy atom. The highest BCUT2D eigenvalue weighted by Gasteiger charge is 2.05. The van der Waals surface area contributed by atoms with Gasteiger partial charge in [0.1, 0.15) is 10.8 Å². The second-order valence-electron chi connectivity index (χ2n) is 3.08. The van der Waals surface area contributed by atoms with Crippen LogP contribution >= 0.6 is 11.6 Å². The maximum absolute atomic E-state index is 5.82. The summed E-state index contributed by atoms with van der Waals surface area (Å²) in [5.74, 6) is 0.565. The zero-order chi connectivity index (χ0) is 10.1. The fourth-order valence-corrected chi connectivity index (χ4v) is 1.41. The van der Waals surface area contributed by atoms with Crippen LogP contribution in [-0.4, -0.2) is 19.5 Å². The number of nitrogens with zero attached hydrogens (tertiary/aromatic N) is 4. The van der Waals surface area contributed by atoms with E-state index in [9.17, 15) is 0 Å². The quantitative estimate of drug-likeness (QED) is 0.672. The second kappa shape index (κ2) is 3.38. The minimum atomic E-state index is 0.443. The van der Waals surface area contributed by atoms with E-state index in [0.717, 1.165) is 11.4 Å². The van der Waals surface area contributed by atoms with E-state index in [1.807, 2.05) is 24.7 Å². The first-order valence-corrected chi connectivity index (χ1v) is 4.52. The van der Waals surface area contributed by atoms with Crippen molar-refractivity contribution < 1.29 is 0 Å². The number of imidazole rings is 1. The van der Waals surface area contributed by atoms with Gasteiger partial charge in [-0.25, -0.2) is 15.0 Å². The molecule has 0 unspecified atom stereocenters. The van der Waals surface area contributed by atoms with Gasteiger partial charge in [-0.2, -0.15) is 0 Å². The average molecular weight is 209 g/mol. The maximum Gasteiger partial charge on any atom is 0.181 e. The zero-order valence-corrected chi connectivity index (χ0v) is 8.65. The van der Waals surface area contributed by atoms with Crippen molar-refractivity contribution in [1.29, 1.82) is 0 Å². The molecule has 2 aromatic heterocycles. The van der Waals surface area contributed by atoms with Crippen LogP contribution in [0.15, 0.2) is 18.6 Å². The molecule has 0 saturated carbocycles. The summed E-state index contributed by atoms with van der Waals surface area (Å²) in [6, 6.07) is 1.72. The van der Waals surface area contributed by atoms with Crippen LogP contribution in [0.1, 0.15) is 5.69 Å². The molecule has 14 heavy (non-hydrogen) atoms. The molecule has 0 aliphatic rings. The Labute approximate surface area is 86.6 Å². The van der Waals surface area contributed by atoms with Gasteiger partial charge in [-0.05, 0) is 13.0 Å². The molecule has 0 amide bonds. The smallest absolute Gasteiger partial charge is 0.181 e. The summed E-state index contributed by atoms with van der Waals surface area (Å²) in [5.41, 5.74) is 1.57. The van der Waals surface area contributed by atoms with E-state index >= 15 is 0 Å². The van der Waals surface area contributed by atoms with Gasteiger partial charge in [0.15, 0.2) is 5.82 Å². The van der Waals surface area contributed by atoms with Crippen molar-refractivity contribution in [3.63, 3.8) is 0 Å². The number of hydrogen-bond donors (Lipinski definition) is 0. The molecular formula is C9H9ClN4. The molecule has 0 radical (unpaired) electrons. The molecule has 0 aromatic carbocycles. The molecule has 0 bridgehead atoms. The Kier molecular flexibility index (Phi) is 2.21. The lowest BCUT2D eigenvalue weighted by Crippen LogP contribution is -1.92. The van der Waals surface area contributed by atoms with Gasteiger partial charge in [0, 0.05) is 18.9 Å². The zero-order valence-electron chi connectivity index (χ0n) is 7.90. The van der Waals surface area contributed by atoms with Crippen LogP contribution in [0.25, 0.3) is 11.5 Å². The Bertz CT molecular complexity index is 443. The lowest BCUT2D eigenvalue weighted by molar-refractivity contribution is 0.913. The molecule has 2 aromatic rings. The summed E-state index contributed by atoms with van der Waals surface area (Å²) in [7, 11) is 1.90. The summed E-state index contributed by atoms with van der Waals surface area (Å²) in [6.45, 7) is 1.88. The van der Waals surface area contributed by atoms with Gasteiger partial charge in [-0.3, -0.25) is 0 Å². The van der Waals surface area contributed by atoms with Crippen LogP contribution in [0, 0.1) is 6.92 Å². The molecule has 0 N–H and O–H groups in total. The Morgan fingerprint density at radius 2 is 2.14 bits per heavy atom. The predicted molar refractivity (Wildman–Crippen MR) is 54.0 cm³/mol. The molecular weight excluding hydrogens is 200 g/mol. The maximum atomic E-state index is 5.82. The van der Waals surface area contributed by atoms with Gasteiger partial charge in [0.05, 0.1) is 6.33 Å². The van der Waals surface area contributed by atoms with Gasteiger partial charge in [-0.15, -0.1) is 0 Å². The fraction of sp³-hybridized carbons (Fsp3) is 0.222. The lowest BCUT2D eigenvalue weighted by atomic mass is 10.4. The van der Waals surface area contributed by atoms with E-state index < -0.39 is 0 Å². The highest BCUT2D eigenvalue weighted by molar-refractivity contribution is 6.29. The molecule has 5 heteroatoms. The van der Waals surface area contributed by atoms with Crippen molar-refractivity contribution >= 4 is 11.6 Å². The summed E-state index contributed by atoms with van der Waals surface area (Å²) < 4.78 is 1.84. The first kappa shape index (κ1) is 9.15. The SMILES string of the molecule is Cc1cc(Cl)nc(-c2cn(C)cn2)n1. The van der Waals surface area contributed by atoms with Gasteiger partial charge < -0.3 is 4.57 Å². The normalized spacial score (nSPS) is 10.5. The van der Waals surface area contributed by atoms with E-state index in [1.54, 1.807) is 12.4 Å². The second-order valence-corrected chi connectivity index (χ2v) is 3.47. The third-order valence-electron chi connectivity index (χ3n) is 1.76. The van der Waals surface area contributed by atoms with Crippen LogP contribution in [0.5, 0.6) is 0 Å². The number of halogens is 1. The fourth-order valence-electron chi connectivity index (χ4n) is 1.17. The van der Waals surface area contributed by atoms with Crippen molar-refractivity contribution in [2.45, 2.75) is 6.92 Å². The molecule has 0 fully saturated rings. The average Bonchev–Trinajstić information content (AvgIpc) is 2.50. The highest BCUT2D eigenvalue weighted by atomic mass is 35.5. The minimum Gasteiger partial charge on any atom is -0.340 e. The van der Waals surface area contributed by atoms with E-state index in [0.29, 0.717) is 11.0 Å². The largest absolute Gasteiger partial charge is 0.340 e. The highest BCUT2D eigenvalue weighted by Crippen LogP contribution is 2.15. The third kappa shape index (κ3) is 1.75. The van der Waals surface area contributed by atoms with Gasteiger partial charge in [0.2, 0.25) is 0 Å². The first-order chi connectivity index (χ1) is 6.65. The molecule has 0 saturated heterocycles. The number of hydrogen-bond acceptors (Lipinski definition) is 3. The minimum absolute atomic E-state index is 0.443. The monoisotopic (exact) mass is 208 g/mol. The van der Waals surface area contributed by atoms with Crippen LogP contribution < -0.4 is 0 Å². The van der Waals surface area contributed by atoms with Crippen molar-refractivity contribution in [2.75, 3.05) is 0 Å².